The molecular weight excluding hydrogens is 258 g/mol. The van der Waals surface area contributed by atoms with Crippen LogP contribution in [0, 0.1) is 5.92 Å². The largest absolute Gasteiger partial charge is 0.480 e. The molecule has 1 saturated heterocycles. The number of hydrogen-bond donors (Lipinski definition) is 1. The summed E-state index contributed by atoms with van der Waals surface area (Å²) in [6.45, 7) is 2.76. The van der Waals surface area contributed by atoms with Crippen molar-refractivity contribution >= 4 is 5.97 Å². The molecule has 1 aliphatic carbocycles. The standard InChI is InChI=1S/C15H27NO4/c1-19-9-10-20-8-4-7-16-13-6-3-2-5-12(13)11-14(16)15(17)18/h12-14H,2-11H2,1H3,(H,17,18). The summed E-state index contributed by atoms with van der Waals surface area (Å²) in [4.78, 5) is 13.7. The second-order valence-corrected chi connectivity index (χ2v) is 5.90. The Morgan fingerprint density at radius 2 is 2.05 bits per heavy atom. The smallest absolute Gasteiger partial charge is 0.320 e. The van der Waals surface area contributed by atoms with Crippen molar-refractivity contribution in [2.75, 3.05) is 33.5 Å². The van der Waals surface area contributed by atoms with E-state index in [-0.39, 0.29) is 6.04 Å². The Hall–Kier alpha value is -0.650. The van der Waals surface area contributed by atoms with Gasteiger partial charge < -0.3 is 14.6 Å². The molecule has 0 aromatic rings. The molecule has 116 valence electrons. The highest BCUT2D eigenvalue weighted by Gasteiger charge is 2.44. The first-order valence-corrected chi connectivity index (χ1v) is 7.79. The summed E-state index contributed by atoms with van der Waals surface area (Å²) in [6, 6.07) is 0.214. The minimum absolute atomic E-state index is 0.276. The molecule has 20 heavy (non-hydrogen) atoms. The minimum atomic E-state index is -0.653. The molecule has 5 nitrogen and oxygen atoms in total. The third kappa shape index (κ3) is 3.93. The number of methoxy groups -OCH3 is 1. The van der Waals surface area contributed by atoms with E-state index in [2.05, 4.69) is 4.90 Å². The topological polar surface area (TPSA) is 59.0 Å². The van der Waals surface area contributed by atoms with Gasteiger partial charge >= 0.3 is 5.97 Å². The lowest BCUT2D eigenvalue weighted by molar-refractivity contribution is -0.142. The summed E-state index contributed by atoms with van der Waals surface area (Å²) in [5, 5.41) is 9.41. The second-order valence-electron chi connectivity index (χ2n) is 5.90. The number of carboxylic acid groups (broad SMARTS) is 1. The van der Waals surface area contributed by atoms with Gasteiger partial charge in [-0.05, 0) is 31.6 Å². The molecule has 1 saturated carbocycles. The van der Waals surface area contributed by atoms with Gasteiger partial charge in [0.15, 0.2) is 0 Å². The first kappa shape index (κ1) is 15.7. The summed E-state index contributed by atoms with van der Waals surface area (Å²) >= 11 is 0. The molecular formula is C15H27NO4. The summed E-state index contributed by atoms with van der Waals surface area (Å²) < 4.78 is 10.4. The molecule has 2 aliphatic rings. The zero-order valence-electron chi connectivity index (χ0n) is 12.4. The minimum Gasteiger partial charge on any atom is -0.480 e. The van der Waals surface area contributed by atoms with E-state index in [0.29, 0.717) is 31.8 Å². The van der Waals surface area contributed by atoms with Gasteiger partial charge in [0.05, 0.1) is 13.2 Å². The molecule has 0 aromatic heterocycles. The highest BCUT2D eigenvalue weighted by molar-refractivity contribution is 5.74. The van der Waals surface area contributed by atoms with Crippen LogP contribution in [0.2, 0.25) is 0 Å². The number of ether oxygens (including phenoxy) is 2. The number of carboxylic acids is 1. The molecule has 0 bridgehead atoms. The van der Waals surface area contributed by atoms with Crippen molar-refractivity contribution in [2.24, 2.45) is 5.92 Å². The monoisotopic (exact) mass is 285 g/mol. The molecule has 1 N–H and O–H groups in total. The fraction of sp³-hybridized carbons (Fsp3) is 0.933. The Morgan fingerprint density at radius 1 is 1.25 bits per heavy atom. The van der Waals surface area contributed by atoms with Crippen molar-refractivity contribution in [2.45, 2.75) is 50.6 Å². The van der Waals surface area contributed by atoms with Crippen molar-refractivity contribution in [1.82, 2.24) is 4.90 Å². The van der Waals surface area contributed by atoms with E-state index < -0.39 is 5.97 Å². The van der Waals surface area contributed by atoms with Crippen LogP contribution in [0.3, 0.4) is 0 Å². The van der Waals surface area contributed by atoms with E-state index >= 15 is 0 Å². The van der Waals surface area contributed by atoms with Gasteiger partial charge in [0.25, 0.3) is 0 Å². The van der Waals surface area contributed by atoms with Crippen molar-refractivity contribution in [3.05, 3.63) is 0 Å². The Morgan fingerprint density at radius 3 is 2.80 bits per heavy atom. The average Bonchev–Trinajstić information content (AvgIpc) is 2.82. The van der Waals surface area contributed by atoms with Gasteiger partial charge in [-0.15, -0.1) is 0 Å². The lowest BCUT2D eigenvalue weighted by atomic mass is 9.85. The second kappa shape index (κ2) is 7.96. The van der Waals surface area contributed by atoms with Crippen molar-refractivity contribution in [1.29, 1.82) is 0 Å². The first-order chi connectivity index (χ1) is 9.74. The zero-order chi connectivity index (χ0) is 14.4. The lowest BCUT2D eigenvalue weighted by Crippen LogP contribution is -2.43. The van der Waals surface area contributed by atoms with Crippen LogP contribution in [0.1, 0.15) is 38.5 Å². The molecule has 2 rings (SSSR count). The molecule has 0 spiro atoms. The number of nitrogens with zero attached hydrogens (tertiary/aromatic N) is 1. The van der Waals surface area contributed by atoms with Crippen LogP contribution in [-0.2, 0) is 14.3 Å². The molecule has 1 aliphatic heterocycles. The van der Waals surface area contributed by atoms with E-state index in [1.165, 1.54) is 25.7 Å². The molecule has 5 heteroatoms. The number of likely N-dealkylation sites (tertiary alicyclic amines) is 1. The van der Waals surface area contributed by atoms with Gasteiger partial charge in [-0.1, -0.05) is 12.8 Å². The van der Waals surface area contributed by atoms with Crippen LogP contribution in [0.15, 0.2) is 0 Å². The van der Waals surface area contributed by atoms with Crippen molar-refractivity contribution in [3.8, 4) is 0 Å². The normalized spacial score (nSPS) is 30.4. The SMILES string of the molecule is COCCOCCCN1C(C(=O)O)CC2CCCCC21. The summed E-state index contributed by atoms with van der Waals surface area (Å²) in [6.07, 6.45) is 6.62. The lowest BCUT2D eigenvalue weighted by Gasteiger charge is -2.32. The van der Waals surface area contributed by atoms with Crippen LogP contribution >= 0.6 is 0 Å². The van der Waals surface area contributed by atoms with Crippen LogP contribution in [-0.4, -0.2) is 61.5 Å². The van der Waals surface area contributed by atoms with Crippen LogP contribution in [0.5, 0.6) is 0 Å². The van der Waals surface area contributed by atoms with E-state index in [0.717, 1.165) is 19.4 Å². The van der Waals surface area contributed by atoms with E-state index in [4.69, 9.17) is 9.47 Å². The summed E-state index contributed by atoms with van der Waals surface area (Å²) in [7, 11) is 1.66. The van der Waals surface area contributed by atoms with Gasteiger partial charge in [0, 0.05) is 26.3 Å². The predicted octanol–water partition coefficient (Wildman–Crippen LogP) is 1.76. The third-order valence-corrected chi connectivity index (χ3v) is 4.64. The number of hydrogen-bond acceptors (Lipinski definition) is 4. The van der Waals surface area contributed by atoms with Crippen molar-refractivity contribution in [3.63, 3.8) is 0 Å². The molecule has 2 fully saturated rings. The molecule has 3 unspecified atom stereocenters. The van der Waals surface area contributed by atoms with Crippen LogP contribution < -0.4 is 0 Å². The summed E-state index contributed by atoms with van der Waals surface area (Å²) in [5.41, 5.74) is 0. The van der Waals surface area contributed by atoms with Gasteiger partial charge in [0.2, 0.25) is 0 Å². The van der Waals surface area contributed by atoms with Crippen LogP contribution in [0.25, 0.3) is 0 Å². The van der Waals surface area contributed by atoms with Gasteiger partial charge in [-0.2, -0.15) is 0 Å². The summed E-state index contributed by atoms with van der Waals surface area (Å²) in [5.74, 6) is -0.0565. The number of fused-ring (bicyclic) bond motifs is 1. The van der Waals surface area contributed by atoms with Crippen molar-refractivity contribution < 1.29 is 19.4 Å². The zero-order valence-corrected chi connectivity index (χ0v) is 12.4. The van der Waals surface area contributed by atoms with Gasteiger partial charge in [-0.25, -0.2) is 0 Å². The highest BCUT2D eigenvalue weighted by atomic mass is 16.5. The maximum Gasteiger partial charge on any atom is 0.320 e. The Kier molecular flexibility index (Phi) is 6.26. The van der Waals surface area contributed by atoms with E-state index in [1.807, 2.05) is 0 Å². The number of rotatable bonds is 8. The Labute approximate surface area is 121 Å². The Balaban J connectivity index is 1.78. The number of carbonyl (C=O) groups is 1. The van der Waals surface area contributed by atoms with E-state index in [9.17, 15) is 9.90 Å². The predicted molar refractivity (Wildman–Crippen MR) is 75.8 cm³/mol. The van der Waals surface area contributed by atoms with Gasteiger partial charge in [-0.3, -0.25) is 9.69 Å². The third-order valence-electron chi connectivity index (χ3n) is 4.64. The molecule has 1 heterocycles. The molecule has 0 radical (unpaired) electrons. The van der Waals surface area contributed by atoms with Crippen LogP contribution in [0.4, 0.5) is 0 Å². The first-order valence-electron chi connectivity index (χ1n) is 7.79. The molecule has 3 atom stereocenters. The van der Waals surface area contributed by atoms with E-state index in [1.54, 1.807) is 7.11 Å². The molecule has 0 amide bonds. The fourth-order valence-electron chi connectivity index (χ4n) is 3.71. The maximum absolute atomic E-state index is 11.4. The van der Waals surface area contributed by atoms with Gasteiger partial charge in [0.1, 0.15) is 6.04 Å². The quantitative estimate of drug-likeness (QED) is 0.689. The highest BCUT2D eigenvalue weighted by Crippen LogP contribution is 2.39. The fourth-order valence-corrected chi connectivity index (χ4v) is 3.71. The number of aliphatic carboxylic acids is 1. The molecule has 0 aromatic carbocycles. The Bertz CT molecular complexity index is 310. The average molecular weight is 285 g/mol. The maximum atomic E-state index is 11.4.